The van der Waals surface area contributed by atoms with Gasteiger partial charge in [0.05, 0.1) is 6.26 Å². The number of hydrogen-bond acceptors (Lipinski definition) is 4. The van der Waals surface area contributed by atoms with Gasteiger partial charge in [0.25, 0.3) is 0 Å². The second-order valence-corrected chi connectivity index (χ2v) is 6.95. The summed E-state index contributed by atoms with van der Waals surface area (Å²) in [6.07, 6.45) is 4.21. The van der Waals surface area contributed by atoms with Gasteiger partial charge in [0, 0.05) is 32.0 Å². The van der Waals surface area contributed by atoms with Crippen LogP contribution in [0.25, 0.3) is 11.6 Å². The molecule has 1 aliphatic carbocycles. The zero-order valence-electron chi connectivity index (χ0n) is 15.7. The SMILES string of the molecule is CN=C(NCCc1nc(-c2ccco2)n[nH]1)NCC1(c2ccccc2F)CC1. The van der Waals surface area contributed by atoms with Crippen molar-refractivity contribution in [3.63, 3.8) is 0 Å². The monoisotopic (exact) mass is 382 g/mol. The normalized spacial score (nSPS) is 15.4. The summed E-state index contributed by atoms with van der Waals surface area (Å²) in [6, 6.07) is 10.6. The van der Waals surface area contributed by atoms with Crippen LogP contribution in [-0.2, 0) is 11.8 Å². The Kier molecular flexibility index (Phi) is 5.10. The Balaban J connectivity index is 1.27. The van der Waals surface area contributed by atoms with Crippen molar-refractivity contribution in [2.45, 2.75) is 24.7 Å². The molecule has 0 saturated heterocycles. The van der Waals surface area contributed by atoms with Gasteiger partial charge in [-0.1, -0.05) is 18.2 Å². The molecule has 1 aliphatic rings. The first-order valence-corrected chi connectivity index (χ1v) is 9.35. The number of aromatic amines is 1. The van der Waals surface area contributed by atoms with Crippen LogP contribution in [0.4, 0.5) is 4.39 Å². The van der Waals surface area contributed by atoms with Crippen molar-refractivity contribution in [2.75, 3.05) is 20.1 Å². The second kappa shape index (κ2) is 7.84. The summed E-state index contributed by atoms with van der Waals surface area (Å²) < 4.78 is 19.4. The number of furan rings is 1. The van der Waals surface area contributed by atoms with Crippen molar-refractivity contribution in [1.29, 1.82) is 0 Å². The summed E-state index contributed by atoms with van der Waals surface area (Å²) >= 11 is 0. The Morgan fingerprint density at radius 3 is 2.82 bits per heavy atom. The van der Waals surface area contributed by atoms with Crippen molar-refractivity contribution < 1.29 is 8.81 Å². The average Bonchev–Trinajstić information content (AvgIpc) is 3.10. The van der Waals surface area contributed by atoms with Crippen LogP contribution in [0.15, 0.2) is 52.1 Å². The lowest BCUT2D eigenvalue weighted by Gasteiger charge is -2.19. The maximum atomic E-state index is 14.1. The minimum atomic E-state index is -0.137. The molecule has 0 atom stereocenters. The number of guanidine groups is 1. The Labute approximate surface area is 162 Å². The lowest BCUT2D eigenvalue weighted by Crippen LogP contribution is -2.42. The summed E-state index contributed by atoms with van der Waals surface area (Å²) in [4.78, 5) is 8.67. The lowest BCUT2D eigenvalue weighted by molar-refractivity contribution is 0.559. The third kappa shape index (κ3) is 3.90. The number of benzene rings is 1. The van der Waals surface area contributed by atoms with Gasteiger partial charge in [0.1, 0.15) is 11.6 Å². The number of H-pyrrole nitrogens is 1. The van der Waals surface area contributed by atoms with E-state index >= 15 is 0 Å². The Morgan fingerprint density at radius 1 is 1.25 bits per heavy atom. The first-order valence-electron chi connectivity index (χ1n) is 9.35. The molecule has 0 bridgehead atoms. The van der Waals surface area contributed by atoms with E-state index in [4.69, 9.17) is 4.42 Å². The quantitative estimate of drug-likeness (QED) is 0.432. The molecule has 0 radical (unpaired) electrons. The van der Waals surface area contributed by atoms with E-state index in [1.165, 1.54) is 6.07 Å². The fourth-order valence-electron chi connectivity index (χ4n) is 3.28. The Bertz CT molecular complexity index is 945. The number of nitrogens with zero attached hydrogens (tertiary/aromatic N) is 3. The molecule has 3 aromatic rings. The van der Waals surface area contributed by atoms with Crippen LogP contribution in [-0.4, -0.2) is 41.3 Å². The molecule has 1 fully saturated rings. The average molecular weight is 382 g/mol. The fourth-order valence-corrected chi connectivity index (χ4v) is 3.28. The van der Waals surface area contributed by atoms with Gasteiger partial charge < -0.3 is 15.1 Å². The highest BCUT2D eigenvalue weighted by atomic mass is 19.1. The third-order valence-corrected chi connectivity index (χ3v) is 5.04. The molecule has 1 aromatic carbocycles. The van der Waals surface area contributed by atoms with Crippen LogP contribution < -0.4 is 10.6 Å². The molecular formula is C20H23FN6O. The maximum Gasteiger partial charge on any atom is 0.216 e. The van der Waals surface area contributed by atoms with E-state index < -0.39 is 0 Å². The molecule has 146 valence electrons. The smallest absolute Gasteiger partial charge is 0.216 e. The van der Waals surface area contributed by atoms with Crippen LogP contribution in [0, 0.1) is 5.82 Å². The molecule has 3 N–H and O–H groups in total. The predicted molar refractivity (Wildman–Crippen MR) is 104 cm³/mol. The highest BCUT2D eigenvalue weighted by molar-refractivity contribution is 5.79. The van der Waals surface area contributed by atoms with Crippen LogP contribution in [0.1, 0.15) is 24.2 Å². The summed E-state index contributed by atoms with van der Waals surface area (Å²) in [5.74, 6) is 2.49. The third-order valence-electron chi connectivity index (χ3n) is 5.04. The van der Waals surface area contributed by atoms with E-state index in [0.717, 1.165) is 24.2 Å². The summed E-state index contributed by atoms with van der Waals surface area (Å²) in [5.41, 5.74) is 0.649. The summed E-state index contributed by atoms with van der Waals surface area (Å²) in [7, 11) is 1.72. The molecule has 8 heteroatoms. The van der Waals surface area contributed by atoms with Gasteiger partial charge in [0.15, 0.2) is 11.7 Å². The number of nitrogens with one attached hydrogen (secondary N) is 3. The van der Waals surface area contributed by atoms with Gasteiger partial charge in [0.2, 0.25) is 5.82 Å². The molecule has 0 aliphatic heterocycles. The standard InChI is InChI=1S/C20H23FN6O/c1-22-19(24-13-20(9-10-20)14-5-2-3-6-15(14)21)23-11-8-17-25-18(27-26-17)16-7-4-12-28-16/h2-7,12H,8-11,13H2,1H3,(H2,22,23,24)(H,25,26,27). The molecule has 0 amide bonds. The van der Waals surface area contributed by atoms with E-state index in [0.29, 0.717) is 37.1 Å². The van der Waals surface area contributed by atoms with Crippen LogP contribution in [0.5, 0.6) is 0 Å². The molecule has 2 aromatic heterocycles. The summed E-state index contributed by atoms with van der Waals surface area (Å²) in [5, 5.41) is 13.7. The maximum absolute atomic E-state index is 14.1. The molecule has 7 nitrogen and oxygen atoms in total. The van der Waals surface area contributed by atoms with Crippen LogP contribution in [0.2, 0.25) is 0 Å². The number of halogens is 1. The first kappa shape index (κ1) is 18.2. The molecule has 1 saturated carbocycles. The molecule has 0 spiro atoms. The minimum absolute atomic E-state index is 0.133. The zero-order valence-corrected chi connectivity index (χ0v) is 15.7. The van der Waals surface area contributed by atoms with Gasteiger partial charge >= 0.3 is 0 Å². The zero-order chi connectivity index (χ0) is 19.4. The molecule has 28 heavy (non-hydrogen) atoms. The van der Waals surface area contributed by atoms with E-state index in [9.17, 15) is 4.39 Å². The molecule has 4 rings (SSSR count). The van der Waals surface area contributed by atoms with Gasteiger partial charge in [-0.25, -0.2) is 9.37 Å². The van der Waals surface area contributed by atoms with Gasteiger partial charge in [-0.15, -0.1) is 0 Å². The van der Waals surface area contributed by atoms with Crippen molar-refractivity contribution >= 4 is 5.96 Å². The minimum Gasteiger partial charge on any atom is -0.461 e. The van der Waals surface area contributed by atoms with Crippen molar-refractivity contribution in [2.24, 2.45) is 4.99 Å². The fraction of sp³-hybridized carbons (Fsp3) is 0.350. The predicted octanol–water partition coefficient (Wildman–Crippen LogP) is 2.64. The van der Waals surface area contributed by atoms with Crippen molar-refractivity contribution in [1.82, 2.24) is 25.8 Å². The molecule has 0 unspecified atom stereocenters. The summed E-state index contributed by atoms with van der Waals surface area (Å²) in [6.45, 7) is 1.29. The number of hydrogen-bond donors (Lipinski definition) is 3. The van der Waals surface area contributed by atoms with E-state index in [2.05, 4.69) is 30.8 Å². The van der Waals surface area contributed by atoms with Crippen LogP contribution >= 0.6 is 0 Å². The van der Waals surface area contributed by atoms with Crippen molar-refractivity contribution in [3.05, 3.63) is 59.9 Å². The van der Waals surface area contributed by atoms with E-state index in [1.807, 2.05) is 18.2 Å². The second-order valence-electron chi connectivity index (χ2n) is 6.95. The van der Waals surface area contributed by atoms with Gasteiger partial charge in [-0.2, -0.15) is 5.10 Å². The largest absolute Gasteiger partial charge is 0.461 e. The lowest BCUT2D eigenvalue weighted by atomic mass is 9.95. The van der Waals surface area contributed by atoms with E-state index in [-0.39, 0.29) is 11.2 Å². The number of aliphatic imine (C=N–C) groups is 1. The van der Waals surface area contributed by atoms with Crippen LogP contribution in [0.3, 0.4) is 0 Å². The van der Waals surface area contributed by atoms with Crippen molar-refractivity contribution in [3.8, 4) is 11.6 Å². The molecule has 2 heterocycles. The number of rotatable bonds is 7. The van der Waals surface area contributed by atoms with Gasteiger partial charge in [-0.3, -0.25) is 10.1 Å². The highest BCUT2D eigenvalue weighted by Gasteiger charge is 2.45. The van der Waals surface area contributed by atoms with E-state index in [1.54, 1.807) is 25.4 Å². The first-order chi connectivity index (χ1) is 13.7. The van der Waals surface area contributed by atoms with Gasteiger partial charge in [-0.05, 0) is 36.6 Å². The Hall–Kier alpha value is -3.16. The Morgan fingerprint density at radius 2 is 2.11 bits per heavy atom. The molecular weight excluding hydrogens is 359 g/mol. The number of aromatic nitrogens is 3. The topological polar surface area (TPSA) is 91.1 Å². The highest BCUT2D eigenvalue weighted by Crippen LogP contribution is 2.48.